The minimum atomic E-state index is 0.138. The molecular formula is C18H24N4O3. The molecule has 25 heavy (non-hydrogen) atoms. The summed E-state index contributed by atoms with van der Waals surface area (Å²) in [5.41, 5.74) is 0.859. The highest BCUT2D eigenvalue weighted by Gasteiger charge is 2.27. The van der Waals surface area contributed by atoms with Crippen LogP contribution in [0.2, 0.25) is 0 Å². The molecule has 0 aromatic carbocycles. The van der Waals surface area contributed by atoms with E-state index < -0.39 is 0 Å². The van der Waals surface area contributed by atoms with Crippen molar-refractivity contribution in [1.82, 2.24) is 19.4 Å². The number of fused-ring (bicyclic) bond motifs is 1. The van der Waals surface area contributed by atoms with Crippen molar-refractivity contribution < 1.29 is 13.9 Å². The van der Waals surface area contributed by atoms with Gasteiger partial charge in [0.25, 0.3) is 0 Å². The maximum absolute atomic E-state index is 12.4. The zero-order chi connectivity index (χ0) is 17.2. The highest BCUT2D eigenvalue weighted by atomic mass is 16.5. The maximum Gasteiger partial charge on any atom is 0.228 e. The van der Waals surface area contributed by atoms with Gasteiger partial charge in [0, 0.05) is 32.4 Å². The van der Waals surface area contributed by atoms with E-state index in [2.05, 4.69) is 16.4 Å². The number of morpholine rings is 1. The molecule has 0 spiro atoms. The van der Waals surface area contributed by atoms with E-state index in [9.17, 15) is 4.79 Å². The van der Waals surface area contributed by atoms with Crippen LogP contribution < -0.4 is 0 Å². The quantitative estimate of drug-likeness (QED) is 0.840. The minimum Gasteiger partial charge on any atom is -0.468 e. The van der Waals surface area contributed by atoms with Crippen molar-refractivity contribution in [3.8, 4) is 0 Å². The number of ether oxygens (including phenoxy) is 1. The second kappa shape index (κ2) is 7.01. The molecule has 134 valence electrons. The largest absolute Gasteiger partial charge is 0.468 e. The van der Waals surface area contributed by atoms with Gasteiger partial charge in [-0.1, -0.05) is 0 Å². The summed E-state index contributed by atoms with van der Waals surface area (Å²) in [6.07, 6.45) is 4.11. The summed E-state index contributed by atoms with van der Waals surface area (Å²) in [5.74, 6) is 2.14. The van der Waals surface area contributed by atoms with Crippen LogP contribution >= 0.6 is 0 Å². The monoisotopic (exact) mass is 344 g/mol. The van der Waals surface area contributed by atoms with Crippen LogP contribution in [0.3, 0.4) is 0 Å². The Morgan fingerprint density at radius 3 is 2.88 bits per heavy atom. The number of nitrogens with zero attached hydrogens (tertiary/aromatic N) is 4. The first-order valence-electron chi connectivity index (χ1n) is 8.88. The Morgan fingerprint density at radius 2 is 2.12 bits per heavy atom. The summed E-state index contributed by atoms with van der Waals surface area (Å²) in [4.78, 5) is 21.4. The van der Waals surface area contributed by atoms with E-state index in [1.54, 1.807) is 6.26 Å². The molecule has 1 amide bonds. The molecule has 0 aliphatic carbocycles. The van der Waals surface area contributed by atoms with Crippen LogP contribution in [0.1, 0.15) is 30.2 Å². The number of rotatable bonds is 4. The molecular weight excluding hydrogens is 320 g/mol. The molecule has 1 atom stereocenters. The predicted molar refractivity (Wildman–Crippen MR) is 90.9 cm³/mol. The van der Waals surface area contributed by atoms with Gasteiger partial charge in [0.1, 0.15) is 11.6 Å². The molecule has 4 heterocycles. The molecule has 1 saturated heterocycles. The van der Waals surface area contributed by atoms with Gasteiger partial charge in [-0.05, 0) is 19.1 Å². The number of carbonyl (C=O) groups is 1. The molecule has 0 unspecified atom stereocenters. The van der Waals surface area contributed by atoms with Crippen molar-refractivity contribution in [1.29, 1.82) is 0 Å². The van der Waals surface area contributed by atoms with Crippen molar-refractivity contribution in [2.75, 3.05) is 32.8 Å². The van der Waals surface area contributed by atoms with Crippen LogP contribution in [-0.4, -0.2) is 58.1 Å². The fraction of sp³-hybridized carbons (Fsp3) is 0.556. The van der Waals surface area contributed by atoms with E-state index in [1.165, 1.54) is 0 Å². The first-order valence-corrected chi connectivity index (χ1v) is 8.88. The molecule has 2 aromatic rings. The highest BCUT2D eigenvalue weighted by molar-refractivity contribution is 5.78. The van der Waals surface area contributed by atoms with E-state index in [1.807, 2.05) is 23.2 Å². The van der Waals surface area contributed by atoms with Gasteiger partial charge in [-0.25, -0.2) is 4.98 Å². The molecule has 2 aliphatic heterocycles. The zero-order valence-corrected chi connectivity index (χ0v) is 14.6. The Kier molecular flexibility index (Phi) is 4.59. The Balaban J connectivity index is 1.43. The number of carbonyl (C=O) groups excluding carboxylic acids is 1. The molecule has 0 N–H and O–H groups in total. The third kappa shape index (κ3) is 3.48. The second-order valence-corrected chi connectivity index (χ2v) is 6.68. The lowest BCUT2D eigenvalue weighted by atomic mass is 10.2. The molecule has 2 aliphatic rings. The average Bonchev–Trinajstić information content (AvgIpc) is 3.28. The predicted octanol–water partition coefficient (Wildman–Crippen LogP) is 1.45. The van der Waals surface area contributed by atoms with Gasteiger partial charge in [0.2, 0.25) is 5.91 Å². The molecule has 2 aromatic heterocycles. The fourth-order valence-electron chi connectivity index (χ4n) is 3.58. The number of amides is 1. The Hall–Kier alpha value is -2.12. The van der Waals surface area contributed by atoms with Gasteiger partial charge in [-0.2, -0.15) is 0 Å². The molecule has 0 radical (unpaired) electrons. The van der Waals surface area contributed by atoms with Gasteiger partial charge >= 0.3 is 0 Å². The van der Waals surface area contributed by atoms with E-state index in [4.69, 9.17) is 14.1 Å². The summed E-state index contributed by atoms with van der Waals surface area (Å²) in [6, 6.07) is 4.12. The van der Waals surface area contributed by atoms with Crippen LogP contribution in [0.15, 0.2) is 29.0 Å². The van der Waals surface area contributed by atoms with Crippen LogP contribution in [0.4, 0.5) is 0 Å². The second-order valence-electron chi connectivity index (χ2n) is 6.68. The van der Waals surface area contributed by atoms with E-state index in [-0.39, 0.29) is 11.9 Å². The normalized spacial score (nSPS) is 21.3. The Morgan fingerprint density at radius 1 is 1.28 bits per heavy atom. The van der Waals surface area contributed by atoms with E-state index in [0.29, 0.717) is 32.7 Å². The van der Waals surface area contributed by atoms with Crippen molar-refractivity contribution in [3.63, 3.8) is 0 Å². The number of furan rings is 1. The first-order chi connectivity index (χ1) is 12.2. The van der Waals surface area contributed by atoms with Crippen LogP contribution in [0, 0.1) is 0 Å². The lowest BCUT2D eigenvalue weighted by Gasteiger charge is -2.32. The Labute approximate surface area is 147 Å². The summed E-state index contributed by atoms with van der Waals surface area (Å²) in [6.45, 7) is 7.40. The molecule has 7 heteroatoms. The summed E-state index contributed by atoms with van der Waals surface area (Å²) in [5, 5.41) is 0. The zero-order valence-electron chi connectivity index (χ0n) is 14.6. The first kappa shape index (κ1) is 16.4. The maximum atomic E-state index is 12.4. The fourth-order valence-corrected chi connectivity index (χ4v) is 3.58. The molecule has 7 nitrogen and oxygen atoms in total. The third-order valence-corrected chi connectivity index (χ3v) is 5.04. The highest BCUT2D eigenvalue weighted by Crippen LogP contribution is 2.26. The van der Waals surface area contributed by atoms with Crippen LogP contribution in [0.25, 0.3) is 0 Å². The van der Waals surface area contributed by atoms with Crippen LogP contribution in [0.5, 0.6) is 0 Å². The third-order valence-electron chi connectivity index (χ3n) is 5.04. The van der Waals surface area contributed by atoms with Gasteiger partial charge in [-0.15, -0.1) is 0 Å². The lowest BCUT2D eigenvalue weighted by molar-refractivity contribution is -0.134. The smallest absolute Gasteiger partial charge is 0.228 e. The summed E-state index contributed by atoms with van der Waals surface area (Å²) >= 11 is 0. The van der Waals surface area contributed by atoms with Gasteiger partial charge in [0.15, 0.2) is 0 Å². The van der Waals surface area contributed by atoms with Gasteiger partial charge in [0.05, 0.1) is 44.2 Å². The molecule has 0 bridgehead atoms. The lowest BCUT2D eigenvalue weighted by Crippen LogP contribution is -2.41. The van der Waals surface area contributed by atoms with Crippen molar-refractivity contribution >= 4 is 5.91 Å². The van der Waals surface area contributed by atoms with Crippen molar-refractivity contribution in [3.05, 3.63) is 41.9 Å². The molecule has 1 fully saturated rings. The number of hydrogen-bond donors (Lipinski definition) is 0. The van der Waals surface area contributed by atoms with Gasteiger partial charge in [-0.3, -0.25) is 9.69 Å². The molecule has 0 saturated carbocycles. The standard InChI is InChI=1S/C18H24N4O3/c1-14-18-19-15(11-17(23)20-6-9-24-10-7-20)12-22(18)5-4-21(14)13-16-3-2-8-25-16/h2-3,8,12,14H,4-7,9-11,13H2,1H3/t14-/m1/s1. The molecule has 4 rings (SSSR count). The van der Waals surface area contributed by atoms with Crippen molar-refractivity contribution in [2.45, 2.75) is 32.5 Å². The average molecular weight is 344 g/mol. The van der Waals surface area contributed by atoms with Crippen molar-refractivity contribution in [2.24, 2.45) is 0 Å². The minimum absolute atomic E-state index is 0.138. The summed E-state index contributed by atoms with van der Waals surface area (Å²) in [7, 11) is 0. The topological polar surface area (TPSA) is 63.7 Å². The SMILES string of the molecule is C[C@@H]1c2nc(CC(=O)N3CCOCC3)cn2CCN1Cc1ccco1. The van der Waals surface area contributed by atoms with E-state index in [0.717, 1.165) is 36.9 Å². The Bertz CT molecular complexity index is 719. The number of aromatic nitrogens is 2. The summed E-state index contributed by atoms with van der Waals surface area (Å²) < 4.78 is 13.0. The number of hydrogen-bond acceptors (Lipinski definition) is 5. The van der Waals surface area contributed by atoms with Crippen LogP contribution in [-0.2, 0) is 29.0 Å². The number of imidazole rings is 1. The van der Waals surface area contributed by atoms with E-state index >= 15 is 0 Å². The van der Waals surface area contributed by atoms with Gasteiger partial charge < -0.3 is 18.6 Å².